The maximum atomic E-state index is 14.1. The molecular formula is C18H19FN4O4S. The molecule has 1 saturated carbocycles. The molecular weight excluding hydrogens is 387 g/mol. The van der Waals surface area contributed by atoms with Crippen molar-refractivity contribution in [3.8, 4) is 0 Å². The van der Waals surface area contributed by atoms with Crippen LogP contribution >= 0.6 is 0 Å². The number of aryl methyl sites for hydroxylation is 1. The van der Waals surface area contributed by atoms with Crippen molar-refractivity contribution in [2.45, 2.75) is 24.5 Å². The van der Waals surface area contributed by atoms with Gasteiger partial charge in [0.2, 0.25) is 15.0 Å². The van der Waals surface area contributed by atoms with Crippen LogP contribution in [-0.2, 0) is 30.5 Å². The average molecular weight is 406 g/mol. The summed E-state index contributed by atoms with van der Waals surface area (Å²) in [7, 11) is -0.978. The van der Waals surface area contributed by atoms with Gasteiger partial charge in [0.1, 0.15) is 5.82 Å². The third-order valence-electron chi connectivity index (χ3n) is 5.03. The Hall–Kier alpha value is -2.75. The normalized spacial score (nSPS) is 14.7. The van der Waals surface area contributed by atoms with E-state index in [9.17, 15) is 22.4 Å². The molecule has 0 spiro atoms. The maximum absolute atomic E-state index is 14.1. The molecule has 0 N–H and O–H groups in total. The number of aromatic nitrogens is 4. The largest absolute Gasteiger partial charge is 0.332 e. The Labute approximate surface area is 159 Å². The zero-order valence-electron chi connectivity index (χ0n) is 15.4. The van der Waals surface area contributed by atoms with Gasteiger partial charge in [0.15, 0.2) is 11.2 Å². The minimum atomic E-state index is -3.72. The monoisotopic (exact) mass is 406 g/mol. The number of halogens is 1. The molecule has 8 nitrogen and oxygen atoms in total. The number of nitrogens with zero attached hydrogens (tertiary/aromatic N) is 4. The molecule has 148 valence electrons. The van der Waals surface area contributed by atoms with Crippen molar-refractivity contribution in [3.63, 3.8) is 0 Å². The van der Waals surface area contributed by atoms with Crippen LogP contribution in [0.15, 0.2) is 39.0 Å². The highest BCUT2D eigenvalue weighted by Gasteiger charge is 2.33. The van der Waals surface area contributed by atoms with Crippen LogP contribution in [0.4, 0.5) is 4.39 Å². The lowest BCUT2D eigenvalue weighted by Crippen LogP contribution is -2.39. The molecule has 2 heterocycles. The Morgan fingerprint density at radius 2 is 1.82 bits per heavy atom. The molecule has 1 fully saturated rings. The van der Waals surface area contributed by atoms with E-state index in [1.807, 2.05) is 0 Å². The molecule has 0 aliphatic heterocycles. The first-order chi connectivity index (χ1) is 13.2. The van der Waals surface area contributed by atoms with Gasteiger partial charge in [-0.1, -0.05) is 18.2 Å². The van der Waals surface area contributed by atoms with Gasteiger partial charge in [0, 0.05) is 19.7 Å². The molecule has 0 atom stereocenters. The van der Waals surface area contributed by atoms with E-state index in [0.717, 1.165) is 22.0 Å². The molecule has 2 aromatic heterocycles. The molecule has 1 aromatic carbocycles. The minimum absolute atomic E-state index is 0.00666. The summed E-state index contributed by atoms with van der Waals surface area (Å²) in [4.78, 5) is 29.5. The average Bonchev–Trinajstić information content (AvgIpc) is 3.37. The van der Waals surface area contributed by atoms with Gasteiger partial charge in [0.25, 0.3) is 5.56 Å². The molecule has 4 rings (SSSR count). The van der Waals surface area contributed by atoms with E-state index in [4.69, 9.17) is 0 Å². The zero-order valence-corrected chi connectivity index (χ0v) is 16.2. The van der Waals surface area contributed by atoms with Crippen molar-refractivity contribution in [2.75, 3.05) is 5.75 Å². The number of fused-ring (bicyclic) bond motifs is 1. The van der Waals surface area contributed by atoms with E-state index in [1.165, 1.54) is 36.9 Å². The summed E-state index contributed by atoms with van der Waals surface area (Å²) >= 11 is 0. The summed E-state index contributed by atoms with van der Waals surface area (Å²) < 4.78 is 42.8. The van der Waals surface area contributed by atoms with Crippen LogP contribution in [0.1, 0.15) is 18.4 Å². The van der Waals surface area contributed by atoms with Crippen molar-refractivity contribution in [2.24, 2.45) is 20.0 Å². The number of rotatable bonds is 5. The van der Waals surface area contributed by atoms with Crippen LogP contribution < -0.4 is 11.2 Å². The van der Waals surface area contributed by atoms with Gasteiger partial charge in [-0.05, 0) is 24.8 Å². The summed E-state index contributed by atoms with van der Waals surface area (Å²) in [5.41, 5.74) is -1.17. The summed E-state index contributed by atoms with van der Waals surface area (Å²) in [6.07, 6.45) is 1.70. The standard InChI is InChI=1S/C18H19FN4O4S/c1-21-14-15(20-17(21)28(26,27)10-11-7-8-11)23(18(25)22(2)16(14)24)9-12-5-3-4-6-13(12)19/h3-6,11H,7-10H2,1-2H3. The fourth-order valence-corrected chi connectivity index (χ4v) is 5.13. The highest BCUT2D eigenvalue weighted by Crippen LogP contribution is 2.32. The highest BCUT2D eigenvalue weighted by atomic mass is 32.2. The Balaban J connectivity index is 1.97. The van der Waals surface area contributed by atoms with E-state index in [2.05, 4.69) is 4.98 Å². The molecule has 0 amide bonds. The number of benzene rings is 1. The van der Waals surface area contributed by atoms with Crippen molar-refractivity contribution in [1.29, 1.82) is 0 Å². The molecule has 0 unspecified atom stereocenters. The van der Waals surface area contributed by atoms with Crippen LogP contribution in [0.3, 0.4) is 0 Å². The molecule has 28 heavy (non-hydrogen) atoms. The Kier molecular flexibility index (Phi) is 4.25. The first-order valence-electron chi connectivity index (χ1n) is 8.83. The fraction of sp³-hybridized carbons (Fsp3) is 0.389. The molecule has 1 aliphatic rings. The van der Waals surface area contributed by atoms with E-state index >= 15 is 0 Å². The molecule has 3 aromatic rings. The Morgan fingerprint density at radius 3 is 2.46 bits per heavy atom. The Bertz CT molecular complexity index is 1320. The first kappa shape index (κ1) is 18.6. The lowest BCUT2D eigenvalue weighted by Gasteiger charge is -2.09. The second-order valence-corrected chi connectivity index (χ2v) is 9.10. The summed E-state index contributed by atoms with van der Waals surface area (Å²) in [5, 5.41) is -0.251. The molecule has 0 bridgehead atoms. The van der Waals surface area contributed by atoms with E-state index in [1.54, 1.807) is 6.07 Å². The predicted molar refractivity (Wildman–Crippen MR) is 100 cm³/mol. The van der Waals surface area contributed by atoms with Gasteiger partial charge in [-0.15, -0.1) is 0 Å². The smallest absolute Gasteiger partial charge is 0.312 e. The van der Waals surface area contributed by atoms with Crippen LogP contribution in [0.2, 0.25) is 0 Å². The van der Waals surface area contributed by atoms with Crippen LogP contribution in [0.5, 0.6) is 0 Å². The molecule has 0 saturated heterocycles. The maximum Gasteiger partial charge on any atom is 0.332 e. The highest BCUT2D eigenvalue weighted by molar-refractivity contribution is 7.91. The summed E-state index contributed by atoms with van der Waals surface area (Å²) in [5.74, 6) is -0.440. The van der Waals surface area contributed by atoms with Gasteiger partial charge >= 0.3 is 5.69 Å². The third-order valence-corrected chi connectivity index (χ3v) is 6.86. The zero-order chi connectivity index (χ0) is 20.2. The van der Waals surface area contributed by atoms with Crippen molar-refractivity contribution < 1.29 is 12.8 Å². The van der Waals surface area contributed by atoms with Crippen molar-refractivity contribution >= 4 is 21.0 Å². The van der Waals surface area contributed by atoms with Crippen LogP contribution in [0.25, 0.3) is 11.2 Å². The van der Waals surface area contributed by atoms with E-state index in [0.29, 0.717) is 0 Å². The van der Waals surface area contributed by atoms with E-state index in [-0.39, 0.29) is 40.1 Å². The van der Waals surface area contributed by atoms with Gasteiger partial charge in [-0.2, -0.15) is 4.98 Å². The number of sulfone groups is 1. The number of imidazole rings is 1. The second-order valence-electron chi connectivity index (χ2n) is 7.17. The predicted octanol–water partition coefficient (Wildman–Crippen LogP) is 0.805. The lowest BCUT2D eigenvalue weighted by molar-refractivity contribution is 0.576. The SMILES string of the molecule is Cn1c(=O)c2c(nc(S(=O)(=O)CC3CC3)n2C)n(Cc2ccccc2F)c1=O. The molecule has 10 heteroatoms. The number of hydrogen-bond donors (Lipinski definition) is 0. The van der Waals surface area contributed by atoms with Crippen molar-refractivity contribution in [1.82, 2.24) is 18.7 Å². The second kappa shape index (κ2) is 6.40. The number of hydrogen-bond acceptors (Lipinski definition) is 5. The van der Waals surface area contributed by atoms with Crippen LogP contribution in [-0.4, -0.2) is 32.9 Å². The van der Waals surface area contributed by atoms with Gasteiger partial charge < -0.3 is 4.57 Å². The minimum Gasteiger partial charge on any atom is -0.312 e. The Morgan fingerprint density at radius 1 is 1.14 bits per heavy atom. The van der Waals surface area contributed by atoms with Crippen LogP contribution in [0, 0.1) is 11.7 Å². The molecule has 0 radical (unpaired) electrons. The lowest BCUT2D eigenvalue weighted by atomic mass is 10.2. The fourth-order valence-electron chi connectivity index (χ4n) is 3.30. The van der Waals surface area contributed by atoms with Gasteiger partial charge in [-0.25, -0.2) is 17.6 Å². The first-order valence-corrected chi connectivity index (χ1v) is 10.5. The topological polar surface area (TPSA) is 96.0 Å². The summed E-state index contributed by atoms with van der Waals surface area (Å²) in [6.45, 7) is -0.171. The van der Waals surface area contributed by atoms with Gasteiger partial charge in [-0.3, -0.25) is 13.9 Å². The van der Waals surface area contributed by atoms with E-state index < -0.39 is 26.9 Å². The van der Waals surface area contributed by atoms with Gasteiger partial charge in [0.05, 0.1) is 12.3 Å². The summed E-state index contributed by atoms with van der Waals surface area (Å²) in [6, 6.07) is 5.95. The van der Waals surface area contributed by atoms with Crippen molar-refractivity contribution in [3.05, 3.63) is 56.5 Å². The molecule has 1 aliphatic carbocycles. The quantitative estimate of drug-likeness (QED) is 0.625. The third kappa shape index (κ3) is 2.97.